The molecule has 0 radical (unpaired) electrons. The maximum absolute atomic E-state index is 13.1. The first kappa shape index (κ1) is 71.0. The van der Waals surface area contributed by atoms with E-state index in [9.17, 15) is 14.4 Å². The number of unbranched alkanes of at least 4 members (excludes halogenated alkanes) is 20. The van der Waals surface area contributed by atoms with Gasteiger partial charge in [0.25, 0.3) is 0 Å². The monoisotopic (exact) mass is 939 g/mol. The summed E-state index contributed by atoms with van der Waals surface area (Å²) < 4.78 is 16.5. The number of rotatable bonds is 44. The molecule has 4 atom stereocenters. The van der Waals surface area contributed by atoms with E-state index in [1.807, 2.05) is 0 Å². The molecule has 0 fully saturated rings. The van der Waals surface area contributed by atoms with Crippen LogP contribution in [0.4, 0.5) is 0 Å². The van der Waals surface area contributed by atoms with Crippen LogP contribution in [0.15, 0.2) is 0 Å². The number of carbonyl (C=O) groups is 3. The maximum atomic E-state index is 13.1. The Morgan fingerprint density at radius 3 is 0.924 bits per heavy atom. The lowest BCUT2D eigenvalue weighted by atomic mass is 9.80. The van der Waals surface area contributed by atoms with Gasteiger partial charge in [-0.15, -0.1) is 0 Å². The smallest absolute Gasteiger partial charge is 0.308 e. The normalized spacial score (nSPS) is 12.5. The Kier molecular flexibility index (Phi) is 66.0. The second-order valence-electron chi connectivity index (χ2n) is 19.6. The molecular formula is C60H122O6. The molecule has 0 aliphatic heterocycles. The zero-order valence-corrected chi connectivity index (χ0v) is 47.3. The SMILES string of the molecule is CCC.CCCC.CCCCCCCCC(CCCCCC)C(=O)OCCCCC(CC)C(CCC)CCCCOC(=O)C(CCCCCC)CCCCCCCC.CCCCOC(C)=O. The summed E-state index contributed by atoms with van der Waals surface area (Å²) in [6, 6.07) is 0. The summed E-state index contributed by atoms with van der Waals surface area (Å²) >= 11 is 0. The van der Waals surface area contributed by atoms with Crippen molar-refractivity contribution in [3.05, 3.63) is 0 Å². The van der Waals surface area contributed by atoms with E-state index in [0.29, 0.717) is 19.8 Å². The molecule has 398 valence electrons. The van der Waals surface area contributed by atoms with Crippen LogP contribution in [0, 0.1) is 23.7 Å². The Morgan fingerprint density at radius 1 is 0.303 bits per heavy atom. The number of ether oxygens (including phenoxy) is 3. The highest BCUT2D eigenvalue weighted by atomic mass is 16.5. The molecular weight excluding hydrogens is 817 g/mol. The van der Waals surface area contributed by atoms with Crippen molar-refractivity contribution >= 4 is 17.9 Å². The predicted molar refractivity (Wildman–Crippen MR) is 290 cm³/mol. The van der Waals surface area contributed by atoms with Crippen LogP contribution in [-0.2, 0) is 28.6 Å². The lowest BCUT2D eigenvalue weighted by Crippen LogP contribution is -2.19. The summed E-state index contributed by atoms with van der Waals surface area (Å²) in [4.78, 5) is 36.3. The maximum Gasteiger partial charge on any atom is 0.308 e. The largest absolute Gasteiger partial charge is 0.466 e. The van der Waals surface area contributed by atoms with Gasteiger partial charge < -0.3 is 14.2 Å². The van der Waals surface area contributed by atoms with Crippen LogP contribution in [0.25, 0.3) is 0 Å². The fourth-order valence-electron chi connectivity index (χ4n) is 8.46. The van der Waals surface area contributed by atoms with Gasteiger partial charge in [0.2, 0.25) is 0 Å². The molecule has 0 rings (SSSR count). The first-order valence-electron chi connectivity index (χ1n) is 29.5. The standard InChI is InChI=1S/C47H92O4.C6H12O2.C4H10.C3H8/c1-7-13-17-21-23-27-38-44(36-25-19-15-9-3)46(48)50-40-31-29-34-42(12-6)43(33-11-5)35-30-32-41-51-47(49)45(37-26-20-16-10-4)39-28-24-22-18-14-8-2;1-3-4-5-8-6(2)7;1-3-4-2;1-3-2/h42-45H,7-41H2,1-6H3;3-5H2,1-2H3;3-4H2,1-2H3;3H2,1-2H3. The summed E-state index contributed by atoms with van der Waals surface area (Å²) in [6.45, 7) is 27.5. The minimum atomic E-state index is -0.182. The molecule has 0 aromatic heterocycles. The van der Waals surface area contributed by atoms with E-state index in [0.717, 1.165) is 102 Å². The number of hydrogen-bond donors (Lipinski definition) is 0. The molecule has 0 saturated heterocycles. The molecule has 0 amide bonds. The minimum absolute atomic E-state index is 0.0712. The van der Waals surface area contributed by atoms with Crippen LogP contribution >= 0.6 is 0 Å². The Bertz CT molecular complexity index is 934. The van der Waals surface area contributed by atoms with Crippen molar-refractivity contribution in [2.75, 3.05) is 19.8 Å². The van der Waals surface area contributed by atoms with Crippen molar-refractivity contribution < 1.29 is 28.6 Å². The molecule has 0 bridgehead atoms. The molecule has 66 heavy (non-hydrogen) atoms. The van der Waals surface area contributed by atoms with Crippen molar-refractivity contribution in [2.24, 2.45) is 23.7 Å². The number of esters is 3. The molecule has 0 aromatic carbocycles. The fourth-order valence-corrected chi connectivity index (χ4v) is 8.46. The molecule has 0 spiro atoms. The van der Waals surface area contributed by atoms with Crippen LogP contribution in [-0.4, -0.2) is 37.7 Å². The van der Waals surface area contributed by atoms with Gasteiger partial charge in [-0.25, -0.2) is 0 Å². The van der Waals surface area contributed by atoms with Gasteiger partial charge in [0.15, 0.2) is 0 Å². The average molecular weight is 940 g/mol. The van der Waals surface area contributed by atoms with Gasteiger partial charge in [0, 0.05) is 6.92 Å². The molecule has 0 saturated carbocycles. The first-order valence-corrected chi connectivity index (χ1v) is 29.5. The van der Waals surface area contributed by atoms with Gasteiger partial charge in [-0.3, -0.25) is 14.4 Å². The summed E-state index contributed by atoms with van der Waals surface area (Å²) in [6.07, 6.45) is 45.5. The highest BCUT2D eigenvalue weighted by Crippen LogP contribution is 2.31. The average Bonchev–Trinajstić information content (AvgIpc) is 3.31. The van der Waals surface area contributed by atoms with Crippen molar-refractivity contribution in [3.8, 4) is 0 Å². The summed E-state index contributed by atoms with van der Waals surface area (Å²) in [5, 5.41) is 0. The van der Waals surface area contributed by atoms with E-state index in [2.05, 4.69) is 80.9 Å². The quantitative estimate of drug-likeness (QED) is 0.0344. The van der Waals surface area contributed by atoms with E-state index in [1.54, 1.807) is 0 Å². The molecule has 6 nitrogen and oxygen atoms in total. The lowest BCUT2D eigenvalue weighted by Gasteiger charge is -2.26. The molecule has 4 unspecified atom stereocenters. The zero-order valence-electron chi connectivity index (χ0n) is 47.3. The molecule has 0 aromatic rings. The molecule has 0 heterocycles. The molecule has 0 aliphatic rings. The van der Waals surface area contributed by atoms with Gasteiger partial charge >= 0.3 is 17.9 Å². The van der Waals surface area contributed by atoms with Gasteiger partial charge in [-0.2, -0.15) is 0 Å². The topological polar surface area (TPSA) is 78.9 Å². The predicted octanol–water partition coefficient (Wildman–Crippen LogP) is 20.1. The highest BCUT2D eigenvalue weighted by Gasteiger charge is 2.22. The Morgan fingerprint density at radius 2 is 0.606 bits per heavy atom. The van der Waals surface area contributed by atoms with Crippen LogP contribution in [0.2, 0.25) is 0 Å². The van der Waals surface area contributed by atoms with Gasteiger partial charge in [-0.05, 0) is 69.6 Å². The van der Waals surface area contributed by atoms with Gasteiger partial charge in [0.05, 0.1) is 31.7 Å². The fraction of sp³-hybridized carbons (Fsp3) is 0.950. The second kappa shape index (κ2) is 61.4. The van der Waals surface area contributed by atoms with Gasteiger partial charge in [0.1, 0.15) is 0 Å². The van der Waals surface area contributed by atoms with E-state index >= 15 is 0 Å². The van der Waals surface area contributed by atoms with E-state index in [1.165, 1.54) is 161 Å². The lowest BCUT2D eigenvalue weighted by molar-refractivity contribution is -0.150. The van der Waals surface area contributed by atoms with Crippen molar-refractivity contribution in [2.45, 2.75) is 327 Å². The Hall–Kier alpha value is -1.59. The molecule has 0 N–H and O–H groups in total. The van der Waals surface area contributed by atoms with Crippen molar-refractivity contribution in [1.29, 1.82) is 0 Å². The zero-order chi connectivity index (χ0) is 50.2. The third-order valence-electron chi connectivity index (χ3n) is 12.9. The number of carbonyl (C=O) groups excluding carboxylic acids is 3. The van der Waals surface area contributed by atoms with Crippen LogP contribution in [0.5, 0.6) is 0 Å². The van der Waals surface area contributed by atoms with Crippen LogP contribution in [0.3, 0.4) is 0 Å². The van der Waals surface area contributed by atoms with Crippen LogP contribution < -0.4 is 0 Å². The third kappa shape index (κ3) is 55.0. The highest BCUT2D eigenvalue weighted by molar-refractivity contribution is 5.72. The van der Waals surface area contributed by atoms with E-state index in [-0.39, 0.29) is 29.7 Å². The summed E-state index contributed by atoms with van der Waals surface area (Å²) in [7, 11) is 0. The van der Waals surface area contributed by atoms with E-state index in [4.69, 9.17) is 9.47 Å². The Labute approximate surface area is 415 Å². The molecule has 6 heteroatoms. The number of hydrogen-bond acceptors (Lipinski definition) is 6. The van der Waals surface area contributed by atoms with E-state index < -0.39 is 0 Å². The summed E-state index contributed by atoms with van der Waals surface area (Å²) in [5.74, 6) is 1.63. The Balaban J connectivity index is -0.00000110. The second-order valence-corrected chi connectivity index (χ2v) is 19.6. The third-order valence-corrected chi connectivity index (χ3v) is 12.9. The minimum Gasteiger partial charge on any atom is -0.466 e. The summed E-state index contributed by atoms with van der Waals surface area (Å²) in [5.41, 5.74) is 0. The first-order chi connectivity index (χ1) is 32.1. The van der Waals surface area contributed by atoms with Crippen molar-refractivity contribution in [1.82, 2.24) is 0 Å². The van der Waals surface area contributed by atoms with Crippen molar-refractivity contribution in [3.63, 3.8) is 0 Å². The van der Waals surface area contributed by atoms with Gasteiger partial charge in [-0.1, -0.05) is 262 Å². The van der Waals surface area contributed by atoms with Crippen LogP contribution in [0.1, 0.15) is 327 Å². The molecule has 0 aliphatic carbocycles.